The van der Waals surface area contributed by atoms with Crippen molar-refractivity contribution < 1.29 is 48.0 Å². The summed E-state index contributed by atoms with van der Waals surface area (Å²) in [6.07, 6.45) is -1.30. The predicted octanol–water partition coefficient (Wildman–Crippen LogP) is 5.31. The third kappa shape index (κ3) is 8.99. The summed E-state index contributed by atoms with van der Waals surface area (Å²) in [5, 5.41) is 21.7. The van der Waals surface area contributed by atoms with Crippen LogP contribution in [0.4, 0.5) is 16.2 Å². The van der Waals surface area contributed by atoms with Crippen molar-refractivity contribution in [2.45, 2.75) is 65.4 Å². The molecule has 0 spiro atoms. The van der Waals surface area contributed by atoms with Gasteiger partial charge in [-0.1, -0.05) is 12.2 Å². The van der Waals surface area contributed by atoms with Crippen molar-refractivity contribution in [3.05, 3.63) is 103 Å². The number of carbonyl (C=O) groups excluding carboxylic acids is 4. The van der Waals surface area contributed by atoms with Gasteiger partial charge in [0.2, 0.25) is 5.91 Å². The fraction of sp³-hybridized carbons (Fsp3) is 0.375. The van der Waals surface area contributed by atoms with Gasteiger partial charge in [0.1, 0.15) is 24.5 Å². The number of amides is 1. The zero-order valence-electron chi connectivity index (χ0n) is 26.5. The van der Waals surface area contributed by atoms with E-state index in [-0.39, 0.29) is 43.1 Å². The molecule has 1 heterocycles. The standard InChI is InChI=1S/C32H35N3O12/c1-19(2)28(30(38)44-6)33-25(15-20(3)16-26(36)45-17-21-7-11-23(12-8-21)34(40)41)27(29(33)37)32(4,5)47-31(39)46-18-22-9-13-24(14-10-22)35(42)43/h7-14,25,27H,3,15-18H2,1-2,4-6H3/t25-,27-/m1/s1. The fourth-order valence-electron chi connectivity index (χ4n) is 5.10. The van der Waals surface area contributed by atoms with Crippen molar-refractivity contribution >= 4 is 35.4 Å². The van der Waals surface area contributed by atoms with Crippen LogP contribution in [0.2, 0.25) is 0 Å². The molecule has 1 amide bonds. The molecule has 0 unspecified atom stereocenters. The molecule has 0 bridgehead atoms. The second kappa shape index (κ2) is 15.1. The Morgan fingerprint density at radius 1 is 0.894 bits per heavy atom. The molecule has 1 aliphatic rings. The summed E-state index contributed by atoms with van der Waals surface area (Å²) in [7, 11) is 1.18. The summed E-state index contributed by atoms with van der Waals surface area (Å²) in [6, 6.07) is 10.1. The first-order valence-electron chi connectivity index (χ1n) is 14.3. The number of nitrogens with zero attached hydrogens (tertiary/aromatic N) is 3. The normalized spacial score (nSPS) is 15.5. The first-order valence-corrected chi connectivity index (χ1v) is 14.3. The van der Waals surface area contributed by atoms with Gasteiger partial charge in [0.05, 0.1) is 35.3 Å². The van der Waals surface area contributed by atoms with E-state index >= 15 is 0 Å². The van der Waals surface area contributed by atoms with Crippen LogP contribution >= 0.6 is 0 Å². The Labute approximate surface area is 270 Å². The summed E-state index contributed by atoms with van der Waals surface area (Å²) in [5.74, 6) is -2.90. The molecule has 0 radical (unpaired) electrons. The summed E-state index contributed by atoms with van der Waals surface area (Å²) in [5.41, 5.74) is 0.180. The van der Waals surface area contributed by atoms with E-state index in [4.69, 9.17) is 18.9 Å². The van der Waals surface area contributed by atoms with E-state index in [1.807, 2.05) is 0 Å². The maximum absolute atomic E-state index is 13.6. The van der Waals surface area contributed by atoms with Gasteiger partial charge in [0.25, 0.3) is 11.4 Å². The zero-order valence-corrected chi connectivity index (χ0v) is 26.5. The molecule has 15 heteroatoms. The minimum Gasteiger partial charge on any atom is -0.464 e. The summed E-state index contributed by atoms with van der Waals surface area (Å²) >= 11 is 0. The highest BCUT2D eigenvalue weighted by molar-refractivity contribution is 5.99. The van der Waals surface area contributed by atoms with Crippen molar-refractivity contribution in [2.75, 3.05) is 7.11 Å². The van der Waals surface area contributed by atoms with Gasteiger partial charge in [-0.2, -0.15) is 0 Å². The average Bonchev–Trinajstić information content (AvgIpc) is 3.00. The number of non-ortho nitro benzene ring substituents is 2. The van der Waals surface area contributed by atoms with Crippen molar-refractivity contribution in [1.29, 1.82) is 0 Å². The van der Waals surface area contributed by atoms with E-state index in [0.717, 1.165) is 0 Å². The molecule has 1 aliphatic heterocycles. The first-order chi connectivity index (χ1) is 22.0. The summed E-state index contributed by atoms with van der Waals surface area (Å²) < 4.78 is 20.9. The molecular formula is C32H35N3O12. The topological polar surface area (TPSA) is 195 Å². The second-order valence-electron chi connectivity index (χ2n) is 11.5. The number of nitro benzene ring substituents is 2. The van der Waals surface area contributed by atoms with E-state index in [9.17, 15) is 39.4 Å². The van der Waals surface area contributed by atoms with Gasteiger partial charge in [-0.15, -0.1) is 0 Å². The molecule has 0 aliphatic carbocycles. The monoisotopic (exact) mass is 653 g/mol. The molecule has 47 heavy (non-hydrogen) atoms. The lowest BCUT2D eigenvalue weighted by Gasteiger charge is -2.52. The van der Waals surface area contributed by atoms with E-state index in [1.165, 1.54) is 74.4 Å². The molecule has 0 N–H and O–H groups in total. The number of benzene rings is 2. The van der Waals surface area contributed by atoms with Crippen LogP contribution in [0.3, 0.4) is 0 Å². The van der Waals surface area contributed by atoms with Gasteiger partial charge in [0.15, 0.2) is 0 Å². The van der Waals surface area contributed by atoms with Crippen LogP contribution in [0.1, 0.15) is 51.7 Å². The number of nitro groups is 2. The highest BCUT2D eigenvalue weighted by atomic mass is 16.7. The van der Waals surface area contributed by atoms with E-state index < -0.39 is 51.4 Å². The maximum atomic E-state index is 13.6. The molecule has 1 saturated heterocycles. The van der Waals surface area contributed by atoms with Gasteiger partial charge in [0, 0.05) is 24.3 Å². The Hall–Kier alpha value is -5.60. The van der Waals surface area contributed by atoms with E-state index in [2.05, 4.69) is 6.58 Å². The highest BCUT2D eigenvalue weighted by Gasteiger charge is 2.58. The third-order valence-electron chi connectivity index (χ3n) is 7.35. The van der Waals surface area contributed by atoms with Crippen molar-refractivity contribution in [1.82, 2.24) is 4.90 Å². The van der Waals surface area contributed by atoms with Crippen molar-refractivity contribution in [3.63, 3.8) is 0 Å². The van der Waals surface area contributed by atoms with Gasteiger partial charge >= 0.3 is 18.1 Å². The van der Waals surface area contributed by atoms with Crippen molar-refractivity contribution in [3.8, 4) is 0 Å². The summed E-state index contributed by atoms with van der Waals surface area (Å²) in [6.45, 7) is 9.87. The Balaban J connectivity index is 1.71. The number of ether oxygens (including phenoxy) is 4. The zero-order chi connectivity index (χ0) is 35.1. The quantitative estimate of drug-likeness (QED) is 0.0486. The molecule has 2 aromatic rings. The first kappa shape index (κ1) is 35.9. The Morgan fingerprint density at radius 2 is 1.38 bits per heavy atom. The Morgan fingerprint density at radius 3 is 1.83 bits per heavy atom. The SMILES string of the molecule is C=C(CC(=O)OCc1ccc([N+](=O)[O-])cc1)C[C@@H]1[C@@H](C(C)(C)OC(=O)OCc2ccc([N+](=O)[O-])cc2)C(=O)N1C(C(=O)OC)=C(C)C. The number of β-lactam (4-membered cyclic amide) rings is 1. The number of hydrogen-bond acceptors (Lipinski definition) is 12. The molecule has 0 saturated carbocycles. The lowest BCUT2D eigenvalue weighted by molar-refractivity contribution is -0.385. The number of rotatable bonds is 14. The number of methoxy groups -OCH3 is 1. The van der Waals surface area contributed by atoms with Crippen LogP contribution in [-0.2, 0) is 46.5 Å². The van der Waals surface area contributed by atoms with Crippen LogP contribution in [0, 0.1) is 26.1 Å². The molecule has 2 atom stereocenters. The number of likely N-dealkylation sites (tertiary alicyclic amines) is 1. The van der Waals surface area contributed by atoms with Crippen LogP contribution in [-0.4, -0.2) is 57.5 Å². The van der Waals surface area contributed by atoms with Crippen LogP contribution in [0.5, 0.6) is 0 Å². The number of esters is 2. The number of carbonyl (C=O) groups is 4. The molecule has 3 rings (SSSR count). The second-order valence-corrected chi connectivity index (χ2v) is 11.5. The lowest BCUT2D eigenvalue weighted by atomic mass is 9.72. The average molecular weight is 654 g/mol. The van der Waals surface area contributed by atoms with Gasteiger partial charge in [-0.25, -0.2) is 9.59 Å². The van der Waals surface area contributed by atoms with Crippen molar-refractivity contribution in [2.24, 2.45) is 5.92 Å². The van der Waals surface area contributed by atoms with Gasteiger partial charge in [-0.05, 0) is 75.1 Å². The van der Waals surface area contributed by atoms with Gasteiger partial charge in [-0.3, -0.25) is 29.8 Å². The third-order valence-corrected chi connectivity index (χ3v) is 7.35. The van der Waals surface area contributed by atoms with E-state index in [0.29, 0.717) is 22.3 Å². The molecule has 0 aromatic heterocycles. The minimum absolute atomic E-state index is 0.00356. The highest BCUT2D eigenvalue weighted by Crippen LogP contribution is 2.43. The maximum Gasteiger partial charge on any atom is 0.509 e. The van der Waals surface area contributed by atoms with E-state index in [1.54, 1.807) is 13.8 Å². The molecular weight excluding hydrogens is 618 g/mol. The minimum atomic E-state index is -1.45. The van der Waals surface area contributed by atoms with Crippen LogP contribution in [0.15, 0.2) is 72.0 Å². The molecule has 250 valence electrons. The Kier molecular flexibility index (Phi) is 11.5. The predicted molar refractivity (Wildman–Crippen MR) is 164 cm³/mol. The molecule has 2 aromatic carbocycles. The summed E-state index contributed by atoms with van der Waals surface area (Å²) in [4.78, 5) is 73.4. The number of hydrogen-bond donors (Lipinski definition) is 0. The number of allylic oxidation sites excluding steroid dienone is 1. The lowest BCUT2D eigenvalue weighted by Crippen LogP contribution is -2.68. The fourth-order valence-corrected chi connectivity index (χ4v) is 5.10. The van der Waals surface area contributed by atoms with Crippen LogP contribution < -0.4 is 0 Å². The Bertz CT molecular complexity index is 1590. The van der Waals surface area contributed by atoms with Gasteiger partial charge < -0.3 is 23.8 Å². The smallest absolute Gasteiger partial charge is 0.464 e. The molecule has 1 fully saturated rings. The van der Waals surface area contributed by atoms with Crippen LogP contribution in [0.25, 0.3) is 0 Å². The molecule has 15 nitrogen and oxygen atoms in total. The largest absolute Gasteiger partial charge is 0.509 e.